The lowest BCUT2D eigenvalue weighted by Gasteiger charge is -2.53. The molecule has 3 aliphatic carbocycles. The normalized spacial score (nSPS) is 37.2. The molecule has 0 amide bonds. The van der Waals surface area contributed by atoms with Crippen molar-refractivity contribution in [3.05, 3.63) is 41.0 Å². The van der Waals surface area contributed by atoms with Crippen molar-refractivity contribution < 1.29 is 15.3 Å². The van der Waals surface area contributed by atoms with Crippen molar-refractivity contribution in [3.63, 3.8) is 0 Å². The van der Waals surface area contributed by atoms with Crippen LogP contribution in [0.2, 0.25) is 0 Å². The summed E-state index contributed by atoms with van der Waals surface area (Å²) >= 11 is 0. The van der Waals surface area contributed by atoms with Gasteiger partial charge in [0.25, 0.3) is 0 Å². The van der Waals surface area contributed by atoms with Gasteiger partial charge in [0, 0.05) is 5.92 Å². The molecule has 2 saturated carbocycles. The predicted octanol–water partition coefficient (Wildman–Crippen LogP) is 5.97. The van der Waals surface area contributed by atoms with Crippen LogP contribution in [0.5, 0.6) is 5.75 Å². The highest BCUT2D eigenvalue weighted by atomic mass is 16.3. The van der Waals surface area contributed by atoms with Crippen molar-refractivity contribution in [2.45, 2.75) is 97.2 Å². The van der Waals surface area contributed by atoms with Crippen LogP contribution < -0.4 is 0 Å². The summed E-state index contributed by atoms with van der Waals surface area (Å²) in [6, 6.07) is 5.91. The van der Waals surface area contributed by atoms with Crippen molar-refractivity contribution in [1.82, 2.24) is 0 Å². The van der Waals surface area contributed by atoms with Gasteiger partial charge >= 0.3 is 0 Å². The average Bonchev–Trinajstić information content (AvgIpc) is 2.98. The lowest BCUT2D eigenvalue weighted by molar-refractivity contribution is -0.110. The van der Waals surface area contributed by atoms with Crippen LogP contribution in [-0.4, -0.2) is 27.0 Å². The second-order valence-electron chi connectivity index (χ2n) is 11.5. The van der Waals surface area contributed by atoms with Crippen LogP contribution in [0.1, 0.15) is 90.2 Å². The van der Waals surface area contributed by atoms with Gasteiger partial charge < -0.3 is 15.3 Å². The molecule has 2 fully saturated rings. The lowest BCUT2D eigenvalue weighted by atomic mass is 9.52. The number of allylic oxidation sites excluding steroid dienone is 2. The Hall–Kier alpha value is -1.32. The van der Waals surface area contributed by atoms with Crippen LogP contribution >= 0.6 is 0 Å². The molecule has 0 unspecified atom stereocenters. The van der Waals surface area contributed by atoms with Gasteiger partial charge in [0.2, 0.25) is 0 Å². The van der Waals surface area contributed by atoms with Crippen LogP contribution in [0.4, 0.5) is 0 Å². The summed E-state index contributed by atoms with van der Waals surface area (Å²) in [5.41, 5.74) is 3.23. The molecule has 31 heavy (non-hydrogen) atoms. The second-order valence-corrected chi connectivity index (χ2v) is 11.5. The van der Waals surface area contributed by atoms with E-state index in [4.69, 9.17) is 0 Å². The van der Waals surface area contributed by atoms with Crippen molar-refractivity contribution in [2.75, 3.05) is 0 Å². The highest BCUT2D eigenvalue weighted by Gasteiger charge is 2.62. The quantitative estimate of drug-likeness (QED) is 0.508. The van der Waals surface area contributed by atoms with E-state index >= 15 is 0 Å². The van der Waals surface area contributed by atoms with Gasteiger partial charge in [-0.05, 0) is 111 Å². The van der Waals surface area contributed by atoms with Crippen LogP contribution in [0.25, 0.3) is 0 Å². The molecule has 3 heteroatoms. The van der Waals surface area contributed by atoms with E-state index in [1.165, 1.54) is 16.7 Å². The van der Waals surface area contributed by atoms with Crippen LogP contribution in [0.15, 0.2) is 29.8 Å². The predicted molar refractivity (Wildman–Crippen MR) is 126 cm³/mol. The summed E-state index contributed by atoms with van der Waals surface area (Å²) in [5.74, 6) is 2.33. The lowest BCUT2D eigenvalue weighted by Crippen LogP contribution is -2.50. The molecule has 7 atom stereocenters. The van der Waals surface area contributed by atoms with Gasteiger partial charge in [-0.3, -0.25) is 0 Å². The van der Waals surface area contributed by atoms with Gasteiger partial charge in [0.05, 0.1) is 11.7 Å². The van der Waals surface area contributed by atoms with Gasteiger partial charge in [0.15, 0.2) is 0 Å². The first-order valence-electron chi connectivity index (χ1n) is 12.5. The summed E-state index contributed by atoms with van der Waals surface area (Å²) in [6.45, 7) is 10.9. The third-order valence-corrected chi connectivity index (χ3v) is 9.44. The van der Waals surface area contributed by atoms with Crippen molar-refractivity contribution in [2.24, 2.45) is 29.1 Å². The Labute approximate surface area is 188 Å². The SMILES string of the molecule is CC=C(CC[C@](C)(O)[C@H]1[C@@H](O)C[C@H]2[C@@H]3CCc4cc(O)ccc4[C@H]3CC[C@@]21C)C(C)C. The van der Waals surface area contributed by atoms with Crippen molar-refractivity contribution in [1.29, 1.82) is 0 Å². The Kier molecular flexibility index (Phi) is 6.07. The Balaban J connectivity index is 1.57. The largest absolute Gasteiger partial charge is 0.508 e. The fraction of sp³-hybridized carbons (Fsp3) is 0.714. The third kappa shape index (κ3) is 3.86. The molecule has 1 aromatic rings. The molecule has 1 aromatic carbocycles. The summed E-state index contributed by atoms with van der Waals surface area (Å²) < 4.78 is 0. The van der Waals surface area contributed by atoms with Gasteiger partial charge in [0.1, 0.15) is 5.75 Å². The number of phenols is 1. The first-order valence-corrected chi connectivity index (χ1v) is 12.5. The molecule has 4 rings (SSSR count). The zero-order valence-electron chi connectivity index (χ0n) is 20.1. The van der Waals surface area contributed by atoms with Crippen LogP contribution in [0.3, 0.4) is 0 Å². The van der Waals surface area contributed by atoms with Gasteiger partial charge in [-0.15, -0.1) is 0 Å². The van der Waals surface area contributed by atoms with E-state index in [2.05, 4.69) is 39.8 Å². The number of aliphatic hydroxyl groups is 2. The molecule has 0 heterocycles. The molecule has 0 saturated heterocycles. The molecule has 0 aliphatic heterocycles. The zero-order chi connectivity index (χ0) is 22.6. The molecule has 0 aromatic heterocycles. The number of aromatic hydroxyl groups is 1. The van der Waals surface area contributed by atoms with Gasteiger partial charge in [-0.2, -0.15) is 0 Å². The Morgan fingerprint density at radius 3 is 2.71 bits per heavy atom. The molecular formula is C28H42O3. The summed E-state index contributed by atoms with van der Waals surface area (Å²) in [5, 5.41) is 32.9. The third-order valence-electron chi connectivity index (χ3n) is 9.44. The first kappa shape index (κ1) is 22.9. The number of aryl methyl sites for hydroxylation is 1. The fourth-order valence-electron chi connectivity index (χ4n) is 8.03. The molecule has 0 spiro atoms. The molecule has 172 valence electrons. The van der Waals surface area contributed by atoms with Crippen molar-refractivity contribution in [3.8, 4) is 5.75 Å². The van der Waals surface area contributed by atoms with E-state index in [-0.39, 0.29) is 11.3 Å². The van der Waals surface area contributed by atoms with E-state index in [1.54, 1.807) is 0 Å². The minimum Gasteiger partial charge on any atom is -0.508 e. The summed E-state index contributed by atoms with van der Waals surface area (Å²) in [6.07, 6.45) is 8.48. The minimum absolute atomic E-state index is 0.0214. The molecule has 0 radical (unpaired) electrons. The summed E-state index contributed by atoms with van der Waals surface area (Å²) in [7, 11) is 0. The average molecular weight is 427 g/mol. The maximum Gasteiger partial charge on any atom is 0.115 e. The topological polar surface area (TPSA) is 60.7 Å². The van der Waals surface area contributed by atoms with Crippen molar-refractivity contribution >= 4 is 0 Å². The highest BCUT2D eigenvalue weighted by Crippen LogP contribution is 2.65. The second kappa shape index (κ2) is 8.23. The Morgan fingerprint density at radius 2 is 2.03 bits per heavy atom. The number of phenolic OH excluding ortho intramolecular Hbond substituents is 1. The highest BCUT2D eigenvalue weighted by molar-refractivity contribution is 5.40. The molecule has 3 aliphatic rings. The molecule has 3 N–H and O–H groups in total. The number of fused-ring (bicyclic) bond motifs is 5. The molecule has 0 bridgehead atoms. The first-order chi connectivity index (χ1) is 14.6. The van der Waals surface area contributed by atoms with E-state index in [1.807, 2.05) is 19.1 Å². The maximum atomic E-state index is 11.7. The summed E-state index contributed by atoms with van der Waals surface area (Å²) in [4.78, 5) is 0. The number of rotatable bonds is 5. The van der Waals surface area contributed by atoms with Crippen LogP contribution in [0, 0.1) is 29.1 Å². The van der Waals surface area contributed by atoms with E-state index in [0.717, 1.165) is 38.5 Å². The smallest absolute Gasteiger partial charge is 0.115 e. The fourth-order valence-corrected chi connectivity index (χ4v) is 8.03. The number of hydrogen-bond acceptors (Lipinski definition) is 3. The standard InChI is InChI=1S/C28H42O3/c1-6-18(17(2)3)11-14-28(5,31)26-25(30)16-24-23-9-7-19-15-20(29)8-10-21(19)22(23)12-13-27(24,26)4/h6,8,10,15,17,22-26,29-31H,7,9,11-14,16H2,1-5H3/t22-,23-,24+,25+,26+,27+,28+/m1/s1. The van der Waals surface area contributed by atoms with E-state index in [0.29, 0.717) is 35.8 Å². The maximum absolute atomic E-state index is 11.7. The zero-order valence-corrected chi connectivity index (χ0v) is 20.1. The Bertz CT molecular complexity index is 839. The molecule has 3 nitrogen and oxygen atoms in total. The van der Waals surface area contributed by atoms with E-state index < -0.39 is 11.7 Å². The van der Waals surface area contributed by atoms with Crippen LogP contribution in [-0.2, 0) is 6.42 Å². The number of hydrogen-bond donors (Lipinski definition) is 3. The van der Waals surface area contributed by atoms with Gasteiger partial charge in [-0.25, -0.2) is 0 Å². The minimum atomic E-state index is -0.864. The van der Waals surface area contributed by atoms with E-state index in [9.17, 15) is 15.3 Å². The molecular weight excluding hydrogens is 384 g/mol. The number of aliphatic hydroxyl groups excluding tert-OH is 1. The monoisotopic (exact) mass is 426 g/mol. The van der Waals surface area contributed by atoms with Gasteiger partial charge in [-0.1, -0.05) is 38.5 Å². The Morgan fingerprint density at radius 1 is 1.29 bits per heavy atom. The number of benzene rings is 1.